The van der Waals surface area contributed by atoms with E-state index in [9.17, 15) is 13.2 Å². The number of rotatable bonds is 3. The molecule has 6 heteroatoms. The van der Waals surface area contributed by atoms with Crippen molar-refractivity contribution in [3.8, 4) is 5.88 Å². The number of ether oxygens (including phenoxy) is 1. The van der Waals surface area contributed by atoms with Crippen molar-refractivity contribution in [1.29, 1.82) is 0 Å². The molecule has 2 N–H and O–H groups in total. The average Bonchev–Trinajstić information content (AvgIpc) is 2.13. The van der Waals surface area contributed by atoms with Gasteiger partial charge < -0.3 is 10.5 Å². The topological polar surface area (TPSA) is 48.1 Å². The largest absolute Gasteiger partial charge is 0.476 e. The summed E-state index contributed by atoms with van der Waals surface area (Å²) in [6.45, 7) is 3.68. The zero-order valence-corrected chi connectivity index (χ0v) is 9.01. The fourth-order valence-electron chi connectivity index (χ4n) is 0.893. The Kier molecular flexibility index (Phi) is 3.42. The molecule has 0 atom stereocenters. The van der Waals surface area contributed by atoms with E-state index < -0.39 is 17.3 Å². The SMILES string of the molecule is CC(C)(N)COc1ccc(C(F)(F)F)cn1. The molecule has 0 saturated carbocycles. The number of aromatic nitrogens is 1. The maximum absolute atomic E-state index is 12.2. The van der Waals surface area contributed by atoms with Gasteiger partial charge in [-0.25, -0.2) is 4.98 Å². The van der Waals surface area contributed by atoms with Crippen molar-refractivity contribution in [3.63, 3.8) is 0 Å². The minimum atomic E-state index is -4.38. The van der Waals surface area contributed by atoms with E-state index in [1.54, 1.807) is 13.8 Å². The van der Waals surface area contributed by atoms with Gasteiger partial charge in [0.1, 0.15) is 6.61 Å². The van der Waals surface area contributed by atoms with Crippen LogP contribution in [-0.2, 0) is 6.18 Å². The van der Waals surface area contributed by atoms with Gasteiger partial charge in [0, 0.05) is 17.8 Å². The molecule has 3 nitrogen and oxygen atoms in total. The highest BCUT2D eigenvalue weighted by Crippen LogP contribution is 2.29. The average molecular weight is 234 g/mol. The van der Waals surface area contributed by atoms with Gasteiger partial charge in [0.05, 0.1) is 5.56 Å². The highest BCUT2D eigenvalue weighted by atomic mass is 19.4. The lowest BCUT2D eigenvalue weighted by Crippen LogP contribution is -2.38. The molecule has 0 aliphatic rings. The number of nitrogens with zero attached hydrogens (tertiary/aromatic N) is 1. The minimum absolute atomic E-state index is 0.131. The number of alkyl halides is 3. The molecule has 0 spiro atoms. The highest BCUT2D eigenvalue weighted by Gasteiger charge is 2.30. The van der Waals surface area contributed by atoms with Crippen molar-refractivity contribution in [2.45, 2.75) is 25.6 Å². The standard InChI is InChI=1S/C10H13F3N2O/c1-9(2,14)6-16-8-4-3-7(5-15-8)10(11,12)13/h3-5H,6,14H2,1-2H3. The van der Waals surface area contributed by atoms with Crippen molar-refractivity contribution in [3.05, 3.63) is 23.9 Å². The molecule has 0 bridgehead atoms. The smallest absolute Gasteiger partial charge is 0.417 e. The molecular weight excluding hydrogens is 221 g/mol. The van der Waals surface area contributed by atoms with Crippen LogP contribution in [0.4, 0.5) is 13.2 Å². The molecule has 0 saturated heterocycles. The lowest BCUT2D eigenvalue weighted by Gasteiger charge is -2.18. The Bertz CT molecular complexity index is 341. The third-order valence-electron chi connectivity index (χ3n) is 1.66. The van der Waals surface area contributed by atoms with Crippen LogP contribution < -0.4 is 10.5 Å². The molecule has 0 aliphatic carbocycles. The molecule has 90 valence electrons. The van der Waals surface area contributed by atoms with Crippen molar-refractivity contribution in [2.75, 3.05) is 6.61 Å². The summed E-state index contributed by atoms with van der Waals surface area (Å²) >= 11 is 0. The molecular formula is C10H13F3N2O. The van der Waals surface area contributed by atoms with E-state index >= 15 is 0 Å². The van der Waals surface area contributed by atoms with Gasteiger partial charge >= 0.3 is 6.18 Å². The predicted molar refractivity (Wildman–Crippen MR) is 53.0 cm³/mol. The Morgan fingerprint density at radius 2 is 1.94 bits per heavy atom. The van der Waals surface area contributed by atoms with Gasteiger partial charge in [-0.2, -0.15) is 13.2 Å². The zero-order chi connectivity index (χ0) is 12.4. The summed E-state index contributed by atoms with van der Waals surface area (Å²) in [5.41, 5.74) is 4.30. The van der Waals surface area contributed by atoms with Crippen LogP contribution in [0.1, 0.15) is 19.4 Å². The third-order valence-corrected chi connectivity index (χ3v) is 1.66. The van der Waals surface area contributed by atoms with Crippen LogP contribution >= 0.6 is 0 Å². The minimum Gasteiger partial charge on any atom is -0.476 e. The van der Waals surface area contributed by atoms with Crippen LogP contribution in [0.25, 0.3) is 0 Å². The van der Waals surface area contributed by atoms with E-state index in [4.69, 9.17) is 10.5 Å². The van der Waals surface area contributed by atoms with E-state index in [2.05, 4.69) is 4.98 Å². The van der Waals surface area contributed by atoms with Crippen molar-refractivity contribution >= 4 is 0 Å². The second-order valence-corrected chi connectivity index (χ2v) is 4.16. The van der Waals surface area contributed by atoms with Gasteiger partial charge in [0.25, 0.3) is 0 Å². The fraction of sp³-hybridized carbons (Fsp3) is 0.500. The predicted octanol–water partition coefficient (Wildman–Crippen LogP) is 2.22. The van der Waals surface area contributed by atoms with Gasteiger partial charge in [0.2, 0.25) is 5.88 Å². The van der Waals surface area contributed by atoms with Gasteiger partial charge in [-0.05, 0) is 19.9 Å². The first kappa shape index (κ1) is 12.8. The second kappa shape index (κ2) is 4.29. The maximum Gasteiger partial charge on any atom is 0.417 e. The Morgan fingerprint density at radius 1 is 1.31 bits per heavy atom. The molecule has 0 aliphatic heterocycles. The maximum atomic E-state index is 12.2. The number of halogens is 3. The Balaban J connectivity index is 2.66. The van der Waals surface area contributed by atoms with Crippen molar-refractivity contribution < 1.29 is 17.9 Å². The van der Waals surface area contributed by atoms with Crippen molar-refractivity contribution in [2.24, 2.45) is 5.73 Å². The van der Waals surface area contributed by atoms with E-state index in [-0.39, 0.29) is 12.5 Å². The molecule has 1 aromatic heterocycles. The van der Waals surface area contributed by atoms with Gasteiger partial charge in [-0.1, -0.05) is 0 Å². The van der Waals surface area contributed by atoms with Crippen LogP contribution in [0.15, 0.2) is 18.3 Å². The monoisotopic (exact) mass is 234 g/mol. The van der Waals surface area contributed by atoms with Crippen LogP contribution in [-0.4, -0.2) is 17.1 Å². The van der Waals surface area contributed by atoms with Gasteiger partial charge in [-0.15, -0.1) is 0 Å². The zero-order valence-electron chi connectivity index (χ0n) is 9.01. The number of nitrogens with two attached hydrogens (primary N) is 1. The van der Waals surface area contributed by atoms with Gasteiger partial charge in [0.15, 0.2) is 0 Å². The van der Waals surface area contributed by atoms with Crippen molar-refractivity contribution in [1.82, 2.24) is 4.98 Å². The first-order valence-corrected chi connectivity index (χ1v) is 4.63. The molecule has 0 unspecified atom stereocenters. The summed E-state index contributed by atoms with van der Waals surface area (Å²) in [6, 6.07) is 2.10. The molecule has 16 heavy (non-hydrogen) atoms. The van der Waals surface area contributed by atoms with Crippen LogP contribution in [0.3, 0.4) is 0 Å². The molecule has 1 rings (SSSR count). The number of pyridine rings is 1. The lowest BCUT2D eigenvalue weighted by molar-refractivity contribution is -0.137. The Hall–Kier alpha value is -1.30. The highest BCUT2D eigenvalue weighted by molar-refractivity contribution is 5.20. The summed E-state index contributed by atoms with van der Waals surface area (Å²) in [7, 11) is 0. The summed E-state index contributed by atoms with van der Waals surface area (Å²) < 4.78 is 41.7. The Labute approximate surface area is 91.4 Å². The van der Waals surface area contributed by atoms with E-state index in [0.717, 1.165) is 12.3 Å². The first-order valence-electron chi connectivity index (χ1n) is 4.63. The van der Waals surface area contributed by atoms with Crippen LogP contribution in [0.2, 0.25) is 0 Å². The summed E-state index contributed by atoms with van der Waals surface area (Å²) in [4.78, 5) is 3.55. The molecule has 1 aromatic rings. The van der Waals surface area contributed by atoms with Crippen LogP contribution in [0.5, 0.6) is 5.88 Å². The fourth-order valence-corrected chi connectivity index (χ4v) is 0.893. The Morgan fingerprint density at radius 3 is 2.31 bits per heavy atom. The van der Waals surface area contributed by atoms with E-state index in [1.807, 2.05) is 0 Å². The number of hydrogen-bond acceptors (Lipinski definition) is 3. The molecule has 0 radical (unpaired) electrons. The third kappa shape index (κ3) is 4.06. The summed E-state index contributed by atoms with van der Waals surface area (Å²) in [5.74, 6) is 0.131. The summed E-state index contributed by atoms with van der Waals surface area (Å²) in [6.07, 6.45) is -3.64. The van der Waals surface area contributed by atoms with Gasteiger partial charge in [-0.3, -0.25) is 0 Å². The second-order valence-electron chi connectivity index (χ2n) is 4.16. The summed E-state index contributed by atoms with van der Waals surface area (Å²) in [5, 5.41) is 0. The molecule has 1 heterocycles. The van der Waals surface area contributed by atoms with Crippen LogP contribution in [0, 0.1) is 0 Å². The molecule has 0 fully saturated rings. The molecule has 0 amide bonds. The lowest BCUT2D eigenvalue weighted by atomic mass is 10.1. The number of hydrogen-bond donors (Lipinski definition) is 1. The van der Waals surface area contributed by atoms with E-state index in [0.29, 0.717) is 0 Å². The quantitative estimate of drug-likeness (QED) is 0.872. The normalized spacial score (nSPS) is 12.6. The molecule has 0 aromatic carbocycles. The first-order chi connectivity index (χ1) is 7.18. The van der Waals surface area contributed by atoms with E-state index in [1.165, 1.54) is 6.07 Å².